The van der Waals surface area contributed by atoms with Crippen LogP contribution in [-0.4, -0.2) is 20.6 Å². The molecule has 15 heavy (non-hydrogen) atoms. The van der Waals surface area contributed by atoms with Gasteiger partial charge in [-0.05, 0) is 11.8 Å². The fourth-order valence-corrected chi connectivity index (χ4v) is 1.03. The van der Waals surface area contributed by atoms with Gasteiger partial charge >= 0.3 is 5.82 Å². The highest BCUT2D eigenvalue weighted by molar-refractivity contribution is 5.95. The molecule has 0 unspecified atom stereocenters. The van der Waals surface area contributed by atoms with Crippen molar-refractivity contribution in [3.63, 3.8) is 0 Å². The van der Waals surface area contributed by atoms with E-state index < -0.39 is 16.6 Å². The van der Waals surface area contributed by atoms with Gasteiger partial charge in [-0.1, -0.05) is 12.2 Å². The molecular formula is C8H10N4O3. The summed E-state index contributed by atoms with van der Waals surface area (Å²) in [4.78, 5) is 20.6. The zero-order valence-corrected chi connectivity index (χ0v) is 8.08. The summed E-state index contributed by atoms with van der Waals surface area (Å²) in [6.07, 6.45) is 4.79. The second-order valence-corrected chi connectivity index (χ2v) is 2.78. The Morgan fingerprint density at radius 3 is 2.87 bits per heavy atom. The van der Waals surface area contributed by atoms with Crippen LogP contribution in [0.1, 0.15) is 17.3 Å². The highest BCUT2D eigenvalue weighted by atomic mass is 16.6. The van der Waals surface area contributed by atoms with Gasteiger partial charge in [-0.25, -0.2) is 0 Å². The number of hydrogen-bond donors (Lipinski definition) is 1. The molecule has 1 heterocycles. The van der Waals surface area contributed by atoms with E-state index in [9.17, 15) is 14.9 Å². The highest BCUT2D eigenvalue weighted by Gasteiger charge is 2.23. The van der Waals surface area contributed by atoms with Gasteiger partial charge in [-0.3, -0.25) is 4.79 Å². The first-order chi connectivity index (χ1) is 7.06. The third-order valence-electron chi connectivity index (χ3n) is 1.71. The lowest BCUT2D eigenvalue weighted by atomic mass is 10.3. The van der Waals surface area contributed by atoms with Crippen LogP contribution in [0.15, 0.2) is 18.3 Å². The fourth-order valence-electron chi connectivity index (χ4n) is 1.03. The quantitative estimate of drug-likeness (QED) is 0.443. The number of hydrogen-bond acceptors (Lipinski definition) is 4. The van der Waals surface area contributed by atoms with Crippen LogP contribution in [0.3, 0.4) is 0 Å². The first kappa shape index (κ1) is 10.9. The number of aromatic nitrogens is 2. The van der Waals surface area contributed by atoms with Crippen molar-refractivity contribution in [2.75, 3.05) is 0 Å². The van der Waals surface area contributed by atoms with Crippen molar-refractivity contribution in [2.45, 2.75) is 13.5 Å². The second-order valence-electron chi connectivity index (χ2n) is 2.78. The van der Waals surface area contributed by atoms with Gasteiger partial charge in [0.05, 0.1) is 17.8 Å². The lowest BCUT2D eigenvalue weighted by Crippen LogP contribution is -2.11. The van der Waals surface area contributed by atoms with Gasteiger partial charge < -0.3 is 15.8 Å². The van der Waals surface area contributed by atoms with E-state index in [1.807, 2.05) is 6.92 Å². The van der Waals surface area contributed by atoms with Crippen molar-refractivity contribution in [2.24, 2.45) is 5.73 Å². The number of carbonyl (C=O) groups is 1. The van der Waals surface area contributed by atoms with Crippen LogP contribution in [0.5, 0.6) is 0 Å². The molecule has 7 nitrogen and oxygen atoms in total. The summed E-state index contributed by atoms with van der Waals surface area (Å²) in [6, 6.07) is 0. The molecule has 1 aromatic heterocycles. The van der Waals surface area contributed by atoms with E-state index in [0.29, 0.717) is 6.54 Å². The Kier molecular flexibility index (Phi) is 3.17. The van der Waals surface area contributed by atoms with Crippen LogP contribution in [0.25, 0.3) is 0 Å². The molecule has 0 radical (unpaired) electrons. The fraction of sp³-hybridized carbons (Fsp3) is 0.250. The molecule has 1 rings (SSSR count). The molecule has 0 bridgehead atoms. The summed E-state index contributed by atoms with van der Waals surface area (Å²) in [5, 5.41) is 14.2. The zero-order valence-electron chi connectivity index (χ0n) is 8.08. The third-order valence-corrected chi connectivity index (χ3v) is 1.71. The molecule has 0 aliphatic heterocycles. The molecule has 0 aliphatic carbocycles. The predicted molar refractivity (Wildman–Crippen MR) is 52.2 cm³/mol. The lowest BCUT2D eigenvalue weighted by Gasteiger charge is -1.88. The van der Waals surface area contributed by atoms with E-state index in [1.54, 1.807) is 12.2 Å². The van der Waals surface area contributed by atoms with Gasteiger partial charge in [-0.2, -0.15) is 4.68 Å². The summed E-state index contributed by atoms with van der Waals surface area (Å²) in [6.45, 7) is 2.18. The van der Waals surface area contributed by atoms with E-state index >= 15 is 0 Å². The molecule has 0 saturated heterocycles. The largest absolute Gasteiger partial charge is 0.402 e. The number of primary amides is 1. The van der Waals surface area contributed by atoms with Crippen molar-refractivity contribution in [1.29, 1.82) is 0 Å². The van der Waals surface area contributed by atoms with Crippen molar-refractivity contribution >= 4 is 11.7 Å². The molecule has 0 fully saturated rings. The number of nitro groups is 1. The van der Waals surface area contributed by atoms with Crippen molar-refractivity contribution in [3.05, 3.63) is 34.0 Å². The van der Waals surface area contributed by atoms with Crippen LogP contribution < -0.4 is 5.73 Å². The second kappa shape index (κ2) is 4.36. The Balaban J connectivity index is 3.09. The van der Waals surface area contributed by atoms with Gasteiger partial charge in [0.1, 0.15) is 0 Å². The summed E-state index contributed by atoms with van der Waals surface area (Å²) >= 11 is 0. The van der Waals surface area contributed by atoms with Crippen molar-refractivity contribution < 1.29 is 9.72 Å². The first-order valence-electron chi connectivity index (χ1n) is 4.19. The number of allylic oxidation sites excluding steroid dienone is 2. The van der Waals surface area contributed by atoms with E-state index in [1.165, 1.54) is 10.9 Å². The maximum Gasteiger partial charge on any atom is 0.402 e. The molecule has 0 saturated carbocycles. The SMILES string of the molecule is CC=CCn1cc(C(N)=O)c([N+](=O)[O-])n1. The molecule has 0 atom stereocenters. The Labute approximate surface area is 85.3 Å². The van der Waals surface area contributed by atoms with Crippen LogP contribution in [0.2, 0.25) is 0 Å². The average Bonchev–Trinajstić information content (AvgIpc) is 2.58. The zero-order chi connectivity index (χ0) is 11.4. The Morgan fingerprint density at radius 2 is 2.47 bits per heavy atom. The standard InChI is InChI=1S/C8H10N4O3/c1-2-3-4-11-5-6(7(9)13)8(10-11)12(14)15/h2-3,5H,4H2,1H3,(H2,9,13). The summed E-state index contributed by atoms with van der Waals surface area (Å²) in [7, 11) is 0. The van der Waals surface area contributed by atoms with Crippen molar-refractivity contribution in [3.8, 4) is 0 Å². The maximum absolute atomic E-state index is 10.9. The molecule has 7 heteroatoms. The van der Waals surface area contributed by atoms with Crippen LogP contribution in [0, 0.1) is 10.1 Å². The van der Waals surface area contributed by atoms with E-state index in [0.717, 1.165) is 0 Å². The number of carbonyl (C=O) groups excluding carboxylic acids is 1. The summed E-state index contributed by atoms with van der Waals surface area (Å²) in [5.41, 5.74) is 4.80. The topological polar surface area (TPSA) is 104 Å². The van der Waals surface area contributed by atoms with E-state index in [-0.39, 0.29) is 5.56 Å². The molecule has 0 aromatic carbocycles. The maximum atomic E-state index is 10.9. The van der Waals surface area contributed by atoms with Gasteiger partial charge in [0.15, 0.2) is 5.56 Å². The minimum absolute atomic E-state index is 0.176. The van der Waals surface area contributed by atoms with Gasteiger partial charge in [-0.15, -0.1) is 0 Å². The minimum Gasteiger partial charge on any atom is -0.365 e. The van der Waals surface area contributed by atoms with E-state index in [4.69, 9.17) is 5.73 Å². The van der Waals surface area contributed by atoms with Crippen molar-refractivity contribution in [1.82, 2.24) is 9.78 Å². The Hall–Kier alpha value is -2.18. The summed E-state index contributed by atoms with van der Waals surface area (Å²) < 4.78 is 1.29. The predicted octanol–water partition coefficient (Wildman–Crippen LogP) is 0.466. The Bertz CT molecular complexity index is 390. The normalized spacial score (nSPS) is 10.7. The summed E-state index contributed by atoms with van der Waals surface area (Å²) in [5.74, 6) is -1.36. The van der Waals surface area contributed by atoms with Crippen LogP contribution >= 0.6 is 0 Å². The van der Waals surface area contributed by atoms with Crippen LogP contribution in [-0.2, 0) is 6.54 Å². The highest BCUT2D eigenvalue weighted by Crippen LogP contribution is 2.14. The van der Waals surface area contributed by atoms with Gasteiger partial charge in [0.2, 0.25) is 0 Å². The molecule has 0 spiro atoms. The molecule has 2 N–H and O–H groups in total. The smallest absolute Gasteiger partial charge is 0.365 e. The third kappa shape index (κ3) is 2.39. The van der Waals surface area contributed by atoms with Crippen LogP contribution in [0.4, 0.5) is 5.82 Å². The first-order valence-corrected chi connectivity index (χ1v) is 4.19. The molecule has 1 amide bonds. The average molecular weight is 210 g/mol. The molecular weight excluding hydrogens is 200 g/mol. The molecule has 1 aromatic rings. The van der Waals surface area contributed by atoms with Gasteiger partial charge in [0, 0.05) is 0 Å². The number of nitrogens with zero attached hydrogens (tertiary/aromatic N) is 3. The molecule has 80 valence electrons. The molecule has 0 aliphatic rings. The van der Waals surface area contributed by atoms with Gasteiger partial charge in [0.25, 0.3) is 5.91 Å². The number of nitrogens with two attached hydrogens (primary N) is 1. The number of rotatable bonds is 4. The monoisotopic (exact) mass is 210 g/mol. The Morgan fingerprint density at radius 1 is 1.80 bits per heavy atom. The lowest BCUT2D eigenvalue weighted by molar-refractivity contribution is -0.390. The minimum atomic E-state index is -0.853. The number of amides is 1. The van der Waals surface area contributed by atoms with E-state index in [2.05, 4.69) is 5.10 Å².